The maximum atomic E-state index is 12.1. The maximum absolute atomic E-state index is 12.1. The summed E-state index contributed by atoms with van der Waals surface area (Å²) in [7, 11) is 0. The molecule has 2 aromatic rings. The molecule has 7 nitrogen and oxygen atoms in total. The van der Waals surface area contributed by atoms with Crippen molar-refractivity contribution in [3.05, 3.63) is 41.7 Å². The minimum Gasteiger partial charge on any atom is -0.494 e. The van der Waals surface area contributed by atoms with Crippen molar-refractivity contribution in [2.75, 3.05) is 6.61 Å². The van der Waals surface area contributed by atoms with Gasteiger partial charge in [-0.2, -0.15) is 0 Å². The molecule has 0 unspecified atom stereocenters. The Balaban J connectivity index is 2.11. The zero-order valence-corrected chi connectivity index (χ0v) is 11.5. The molecule has 7 heteroatoms. The summed E-state index contributed by atoms with van der Waals surface area (Å²) in [5, 5.41) is 28.7. The van der Waals surface area contributed by atoms with Crippen LogP contribution in [-0.4, -0.2) is 43.0 Å². The molecule has 2 heterocycles. The van der Waals surface area contributed by atoms with E-state index in [9.17, 15) is 15.0 Å². The van der Waals surface area contributed by atoms with Gasteiger partial charge in [0, 0.05) is 17.8 Å². The number of aliphatic hydroxyl groups is 1. The molecule has 22 heavy (non-hydrogen) atoms. The Morgan fingerprint density at radius 3 is 2.86 bits per heavy atom. The van der Waals surface area contributed by atoms with Crippen LogP contribution in [0.25, 0.3) is 6.08 Å². The fourth-order valence-electron chi connectivity index (χ4n) is 2.27. The van der Waals surface area contributed by atoms with E-state index in [1.165, 1.54) is 12.1 Å². The number of hydrogen-bond donors (Lipinski definition) is 3. The molecular formula is C15H13N3O4. The molecule has 2 aromatic heterocycles. The lowest BCUT2D eigenvalue weighted by Gasteiger charge is -2.10. The van der Waals surface area contributed by atoms with Crippen molar-refractivity contribution in [2.45, 2.75) is 6.54 Å². The second kappa shape index (κ2) is 5.45. The second-order valence-electron chi connectivity index (χ2n) is 4.68. The van der Waals surface area contributed by atoms with Gasteiger partial charge in [0.2, 0.25) is 11.7 Å². The van der Waals surface area contributed by atoms with E-state index in [1.54, 1.807) is 24.4 Å². The van der Waals surface area contributed by atoms with Crippen LogP contribution in [0.15, 0.2) is 35.5 Å². The molecule has 0 amide bonds. The van der Waals surface area contributed by atoms with Crippen LogP contribution in [0.3, 0.4) is 0 Å². The van der Waals surface area contributed by atoms with E-state index in [1.807, 2.05) is 0 Å². The Hall–Kier alpha value is -2.93. The molecule has 0 aliphatic heterocycles. The number of carbonyl (C=O) groups excluding carboxylic acids is 1. The molecule has 0 fully saturated rings. The highest BCUT2D eigenvalue weighted by Gasteiger charge is 2.21. The quantitative estimate of drug-likeness (QED) is 0.783. The van der Waals surface area contributed by atoms with E-state index in [4.69, 9.17) is 5.11 Å². The molecule has 0 saturated heterocycles. The molecule has 0 saturated carbocycles. The molecule has 3 N–H and O–H groups in total. The number of aliphatic hydroxyl groups excluding tert-OH is 1. The van der Waals surface area contributed by atoms with E-state index in [0.29, 0.717) is 11.3 Å². The van der Waals surface area contributed by atoms with Gasteiger partial charge in [-0.05, 0) is 24.3 Å². The first kappa shape index (κ1) is 14.0. The monoisotopic (exact) mass is 299 g/mol. The maximum Gasteiger partial charge on any atom is 0.220 e. The largest absolute Gasteiger partial charge is 0.494 e. The zero-order chi connectivity index (χ0) is 15.7. The molecular weight excluding hydrogens is 286 g/mol. The Morgan fingerprint density at radius 1 is 1.27 bits per heavy atom. The lowest BCUT2D eigenvalue weighted by Crippen LogP contribution is -2.18. The van der Waals surface area contributed by atoms with E-state index >= 15 is 0 Å². The van der Waals surface area contributed by atoms with Gasteiger partial charge in [-0.1, -0.05) is 0 Å². The third-order valence-corrected chi connectivity index (χ3v) is 3.30. The molecule has 112 valence electrons. The van der Waals surface area contributed by atoms with E-state index in [0.717, 1.165) is 4.57 Å². The van der Waals surface area contributed by atoms with Crippen LogP contribution in [-0.2, 0) is 11.3 Å². The third kappa shape index (κ3) is 2.27. The summed E-state index contributed by atoms with van der Waals surface area (Å²) >= 11 is 0. The molecule has 1 aliphatic rings. The molecule has 0 aromatic carbocycles. The van der Waals surface area contributed by atoms with Crippen LogP contribution in [0.2, 0.25) is 0 Å². The van der Waals surface area contributed by atoms with Gasteiger partial charge in [0.05, 0.1) is 18.8 Å². The number of carbonyl (C=O) groups is 1. The number of nitrogens with zero attached hydrogens (tertiary/aromatic N) is 3. The van der Waals surface area contributed by atoms with Gasteiger partial charge in [-0.3, -0.25) is 14.3 Å². The fourth-order valence-corrected chi connectivity index (χ4v) is 2.27. The van der Waals surface area contributed by atoms with Gasteiger partial charge < -0.3 is 15.3 Å². The van der Waals surface area contributed by atoms with Gasteiger partial charge in [0.25, 0.3) is 0 Å². The van der Waals surface area contributed by atoms with Gasteiger partial charge >= 0.3 is 0 Å². The first-order valence-electron chi connectivity index (χ1n) is 6.60. The highest BCUT2D eigenvalue weighted by molar-refractivity contribution is 6.52. The van der Waals surface area contributed by atoms with Gasteiger partial charge in [0.15, 0.2) is 5.88 Å². The number of rotatable bonds is 3. The topological polar surface area (TPSA) is 108 Å². The zero-order valence-electron chi connectivity index (χ0n) is 11.5. The molecule has 1 aliphatic carbocycles. The standard InChI is InChI=1S/C15H13N3O4/c19-7-6-18-13(21)8-11(15(18)22)17-14-9-2-1-5-16-10(9)3-4-12(14)20/h1-5,8,19,21-22H,6-7H2. The van der Waals surface area contributed by atoms with Gasteiger partial charge in [-0.15, -0.1) is 0 Å². The summed E-state index contributed by atoms with van der Waals surface area (Å²) in [6, 6.07) is 4.64. The van der Waals surface area contributed by atoms with Gasteiger partial charge in [-0.25, -0.2) is 4.99 Å². The lowest BCUT2D eigenvalue weighted by molar-refractivity contribution is -0.108. The Kier molecular flexibility index (Phi) is 3.48. The summed E-state index contributed by atoms with van der Waals surface area (Å²) in [5.74, 6) is -0.864. The third-order valence-electron chi connectivity index (χ3n) is 3.30. The summed E-state index contributed by atoms with van der Waals surface area (Å²) in [6.45, 7) is -0.227. The Bertz CT molecular complexity index is 805. The Labute approximate surface area is 125 Å². The van der Waals surface area contributed by atoms with E-state index < -0.39 is 0 Å². The predicted octanol–water partition coefficient (Wildman–Crippen LogP) is 1.00. The first-order valence-corrected chi connectivity index (χ1v) is 6.60. The van der Waals surface area contributed by atoms with Crippen molar-refractivity contribution < 1.29 is 20.1 Å². The van der Waals surface area contributed by atoms with Crippen molar-refractivity contribution in [3.8, 4) is 11.8 Å². The second-order valence-corrected chi connectivity index (χ2v) is 4.68. The Morgan fingerprint density at radius 2 is 2.09 bits per heavy atom. The number of aliphatic imine (C=N–C) groups is 1. The minimum absolute atomic E-state index is 0.0223. The lowest BCUT2D eigenvalue weighted by atomic mass is 9.99. The highest BCUT2D eigenvalue weighted by Crippen LogP contribution is 2.35. The minimum atomic E-state index is -0.313. The van der Waals surface area contributed by atoms with E-state index in [-0.39, 0.29) is 42.1 Å². The molecule has 0 radical (unpaired) electrons. The van der Waals surface area contributed by atoms with Crippen molar-refractivity contribution >= 4 is 23.3 Å². The summed E-state index contributed by atoms with van der Waals surface area (Å²) < 4.78 is 1.10. The van der Waals surface area contributed by atoms with Crippen LogP contribution >= 0.6 is 0 Å². The molecule has 0 spiro atoms. The molecule has 0 bridgehead atoms. The number of fused-ring (bicyclic) bond motifs is 1. The van der Waals surface area contributed by atoms with Crippen molar-refractivity contribution in [1.82, 2.24) is 9.55 Å². The number of pyridine rings is 1. The number of aromatic hydroxyl groups is 2. The smallest absolute Gasteiger partial charge is 0.220 e. The summed E-state index contributed by atoms with van der Waals surface area (Å²) in [4.78, 5) is 20.4. The van der Waals surface area contributed by atoms with Crippen LogP contribution in [0.5, 0.6) is 11.8 Å². The number of allylic oxidation sites excluding steroid dienone is 1. The van der Waals surface area contributed by atoms with Gasteiger partial charge in [0.1, 0.15) is 11.4 Å². The summed E-state index contributed by atoms with van der Waals surface area (Å²) in [5.41, 5.74) is 1.37. The van der Waals surface area contributed by atoms with Crippen molar-refractivity contribution in [1.29, 1.82) is 0 Å². The summed E-state index contributed by atoms with van der Waals surface area (Å²) in [6.07, 6.45) is 4.57. The van der Waals surface area contributed by atoms with Crippen molar-refractivity contribution in [2.24, 2.45) is 4.99 Å². The molecule has 3 rings (SSSR count). The van der Waals surface area contributed by atoms with Crippen LogP contribution < -0.4 is 0 Å². The van der Waals surface area contributed by atoms with Crippen LogP contribution in [0, 0.1) is 0 Å². The SMILES string of the molecule is O=C1C=Cc2ncccc2C1=Nc1cc(O)n(CCO)c1O. The average Bonchev–Trinajstić information content (AvgIpc) is 2.78. The van der Waals surface area contributed by atoms with E-state index in [2.05, 4.69) is 9.98 Å². The number of ketones is 1. The predicted molar refractivity (Wildman–Crippen MR) is 79.3 cm³/mol. The van der Waals surface area contributed by atoms with Crippen molar-refractivity contribution in [3.63, 3.8) is 0 Å². The average molecular weight is 299 g/mol. The number of aromatic nitrogens is 2. The molecule has 0 atom stereocenters. The normalized spacial score (nSPS) is 15.3. The number of hydrogen-bond acceptors (Lipinski definition) is 6. The van der Waals surface area contributed by atoms with Crippen LogP contribution in [0.4, 0.5) is 5.69 Å². The highest BCUT2D eigenvalue weighted by atomic mass is 16.3. The van der Waals surface area contributed by atoms with Crippen LogP contribution in [0.1, 0.15) is 11.3 Å². The fraction of sp³-hybridized carbons (Fsp3) is 0.133. The first-order chi connectivity index (χ1) is 10.6.